The molecule has 4 rings (SSSR count). The molecule has 21 heavy (non-hydrogen) atoms. The van der Waals surface area contributed by atoms with E-state index in [0.29, 0.717) is 24.5 Å². The Kier molecular flexibility index (Phi) is 3.52. The summed E-state index contributed by atoms with van der Waals surface area (Å²) in [5.74, 6) is -1.38. The highest BCUT2D eigenvalue weighted by atomic mass is 19.3. The lowest BCUT2D eigenvalue weighted by atomic mass is 9.53. The first kappa shape index (κ1) is 14.8. The van der Waals surface area contributed by atoms with Crippen LogP contribution in [-0.4, -0.2) is 41.8 Å². The van der Waals surface area contributed by atoms with Crippen molar-refractivity contribution in [2.45, 2.75) is 43.8 Å². The van der Waals surface area contributed by atoms with Gasteiger partial charge in [0.2, 0.25) is 0 Å². The maximum atomic E-state index is 12.8. The van der Waals surface area contributed by atoms with Gasteiger partial charge in [0.05, 0.1) is 18.8 Å². The Balaban J connectivity index is 1.52. The summed E-state index contributed by atoms with van der Waals surface area (Å²) in [4.78, 5) is 22.2. The molecule has 0 aromatic rings. The molecular weight excluding hydrogens is 286 g/mol. The van der Waals surface area contributed by atoms with E-state index in [-0.39, 0.29) is 18.4 Å². The van der Waals surface area contributed by atoms with E-state index in [1.165, 1.54) is 0 Å². The van der Waals surface area contributed by atoms with Gasteiger partial charge in [0.15, 0.2) is 0 Å². The summed E-state index contributed by atoms with van der Waals surface area (Å²) in [6, 6.07) is 0. The first-order chi connectivity index (χ1) is 9.81. The average Bonchev–Trinajstić information content (AvgIpc) is 2.40. The topological polar surface area (TPSA) is 72.8 Å². The molecule has 0 spiro atoms. The van der Waals surface area contributed by atoms with E-state index in [9.17, 15) is 18.4 Å². The SMILES string of the molecule is O=C1C2CC3CC1CC(OCCOC(F)(F)C(=O)O)(C3)C2. The van der Waals surface area contributed by atoms with Crippen molar-refractivity contribution in [1.29, 1.82) is 0 Å². The number of rotatable bonds is 6. The van der Waals surface area contributed by atoms with Gasteiger partial charge in [-0.2, -0.15) is 8.78 Å². The summed E-state index contributed by atoms with van der Waals surface area (Å²) >= 11 is 0. The van der Waals surface area contributed by atoms with Gasteiger partial charge in [-0.1, -0.05) is 0 Å². The zero-order valence-electron chi connectivity index (χ0n) is 11.5. The van der Waals surface area contributed by atoms with Crippen molar-refractivity contribution in [3.05, 3.63) is 0 Å². The molecule has 0 radical (unpaired) electrons. The summed E-state index contributed by atoms with van der Waals surface area (Å²) in [6.07, 6.45) is -0.145. The van der Waals surface area contributed by atoms with Crippen LogP contribution in [0.25, 0.3) is 0 Å². The molecule has 4 aliphatic carbocycles. The lowest BCUT2D eigenvalue weighted by Gasteiger charge is -2.55. The molecule has 0 amide bonds. The van der Waals surface area contributed by atoms with Gasteiger partial charge in [0.25, 0.3) is 0 Å². The number of ketones is 1. The number of alkyl halides is 2. The van der Waals surface area contributed by atoms with Crippen molar-refractivity contribution < 1.29 is 33.0 Å². The summed E-state index contributed by atoms with van der Waals surface area (Å²) in [5.41, 5.74) is -0.397. The molecule has 4 bridgehead atoms. The first-order valence-corrected chi connectivity index (χ1v) is 7.24. The Morgan fingerprint density at radius 1 is 1.24 bits per heavy atom. The van der Waals surface area contributed by atoms with E-state index in [1.54, 1.807) is 0 Å². The molecule has 118 valence electrons. The molecule has 7 heteroatoms. The Hall–Kier alpha value is -1.08. The third kappa shape index (κ3) is 2.68. The highest BCUT2D eigenvalue weighted by Gasteiger charge is 2.55. The number of aliphatic carboxylic acids is 1. The van der Waals surface area contributed by atoms with Crippen molar-refractivity contribution in [2.75, 3.05) is 13.2 Å². The zero-order chi connectivity index (χ0) is 15.3. The molecule has 0 saturated heterocycles. The second-order valence-corrected chi connectivity index (χ2v) is 6.45. The van der Waals surface area contributed by atoms with Crippen LogP contribution in [0.4, 0.5) is 8.78 Å². The predicted molar refractivity (Wildman–Crippen MR) is 65.8 cm³/mol. The minimum absolute atomic E-state index is 0.0534. The fourth-order valence-electron chi connectivity index (χ4n) is 4.34. The van der Waals surface area contributed by atoms with Gasteiger partial charge in [0.1, 0.15) is 5.78 Å². The minimum Gasteiger partial charge on any atom is -0.475 e. The zero-order valence-corrected chi connectivity index (χ0v) is 11.5. The number of hydrogen-bond donors (Lipinski definition) is 1. The number of halogens is 2. The van der Waals surface area contributed by atoms with Crippen LogP contribution in [0.2, 0.25) is 0 Å². The largest absolute Gasteiger partial charge is 0.475 e. The van der Waals surface area contributed by atoms with Gasteiger partial charge in [-0.15, -0.1) is 0 Å². The quantitative estimate of drug-likeness (QED) is 0.758. The fourth-order valence-corrected chi connectivity index (χ4v) is 4.34. The van der Waals surface area contributed by atoms with E-state index >= 15 is 0 Å². The Morgan fingerprint density at radius 3 is 2.43 bits per heavy atom. The lowest BCUT2D eigenvalue weighted by molar-refractivity contribution is -0.254. The van der Waals surface area contributed by atoms with Gasteiger partial charge >= 0.3 is 12.1 Å². The van der Waals surface area contributed by atoms with E-state index in [0.717, 1.165) is 19.3 Å². The number of carbonyl (C=O) groups is 2. The molecule has 0 heterocycles. The highest BCUT2D eigenvalue weighted by molar-refractivity contribution is 5.85. The normalized spacial score (nSPS) is 38.0. The van der Waals surface area contributed by atoms with Crippen molar-refractivity contribution in [3.63, 3.8) is 0 Å². The number of hydrogen-bond acceptors (Lipinski definition) is 4. The number of carboxylic acid groups (broad SMARTS) is 1. The Morgan fingerprint density at radius 2 is 1.86 bits per heavy atom. The van der Waals surface area contributed by atoms with Gasteiger partial charge in [-0.25, -0.2) is 4.79 Å². The molecule has 0 aliphatic heterocycles. The van der Waals surface area contributed by atoms with Crippen molar-refractivity contribution in [2.24, 2.45) is 17.8 Å². The molecule has 0 aromatic carbocycles. The summed E-state index contributed by atoms with van der Waals surface area (Å²) in [5, 5.41) is 8.25. The molecule has 4 aliphatic rings. The van der Waals surface area contributed by atoms with Crippen LogP contribution < -0.4 is 0 Å². The number of ether oxygens (including phenoxy) is 2. The third-order valence-corrected chi connectivity index (χ3v) is 4.96. The second-order valence-electron chi connectivity index (χ2n) is 6.45. The number of Topliss-reactive ketones (excluding diaryl/α,β-unsaturated/α-hetero) is 1. The summed E-state index contributed by atoms with van der Waals surface area (Å²) < 4.78 is 35.3. The minimum atomic E-state index is -4.18. The second kappa shape index (κ2) is 4.98. The van der Waals surface area contributed by atoms with Crippen LogP contribution in [0.15, 0.2) is 0 Å². The predicted octanol–water partition coefficient (Wildman–Crippen LogP) is 1.84. The highest BCUT2D eigenvalue weighted by Crippen LogP contribution is 2.55. The van der Waals surface area contributed by atoms with Crippen LogP contribution >= 0.6 is 0 Å². The van der Waals surface area contributed by atoms with E-state index in [2.05, 4.69) is 4.74 Å². The smallest absolute Gasteiger partial charge is 0.456 e. The Bertz CT molecular complexity index is 446. The lowest BCUT2D eigenvalue weighted by Crippen LogP contribution is -2.56. The molecular formula is C14H18F2O5. The van der Waals surface area contributed by atoms with Crippen molar-refractivity contribution in [3.8, 4) is 0 Å². The van der Waals surface area contributed by atoms with Crippen LogP contribution in [0.1, 0.15) is 32.1 Å². The molecule has 2 unspecified atom stereocenters. The van der Waals surface area contributed by atoms with Crippen LogP contribution in [-0.2, 0) is 19.1 Å². The maximum Gasteiger partial charge on any atom is 0.456 e. The van der Waals surface area contributed by atoms with Crippen LogP contribution in [0.3, 0.4) is 0 Å². The molecule has 0 aromatic heterocycles. The Labute approximate surface area is 120 Å². The van der Waals surface area contributed by atoms with Crippen LogP contribution in [0.5, 0.6) is 0 Å². The van der Waals surface area contributed by atoms with E-state index in [1.807, 2.05) is 0 Å². The van der Waals surface area contributed by atoms with Gasteiger partial charge in [0, 0.05) is 11.8 Å². The molecule has 2 atom stereocenters. The molecule has 4 saturated carbocycles. The van der Waals surface area contributed by atoms with E-state index < -0.39 is 24.3 Å². The van der Waals surface area contributed by atoms with Crippen molar-refractivity contribution >= 4 is 11.8 Å². The third-order valence-electron chi connectivity index (χ3n) is 4.96. The molecule has 5 nitrogen and oxygen atoms in total. The number of carbonyl (C=O) groups excluding carboxylic acids is 1. The van der Waals surface area contributed by atoms with Crippen molar-refractivity contribution in [1.82, 2.24) is 0 Å². The van der Waals surface area contributed by atoms with Crippen LogP contribution in [0, 0.1) is 17.8 Å². The number of carboxylic acids is 1. The fraction of sp³-hybridized carbons (Fsp3) is 0.857. The maximum absolute atomic E-state index is 12.8. The van der Waals surface area contributed by atoms with E-state index in [4.69, 9.17) is 9.84 Å². The average molecular weight is 304 g/mol. The summed E-state index contributed by atoms with van der Waals surface area (Å²) in [6.45, 7) is -0.557. The van der Waals surface area contributed by atoms with Gasteiger partial charge in [-0.05, 0) is 38.0 Å². The summed E-state index contributed by atoms with van der Waals surface area (Å²) in [7, 11) is 0. The van der Waals surface area contributed by atoms with Gasteiger partial charge < -0.3 is 14.6 Å². The van der Waals surface area contributed by atoms with Gasteiger partial charge in [-0.3, -0.25) is 4.79 Å². The molecule has 1 N–H and O–H groups in total. The standard InChI is InChI=1S/C14H18F2O5/c15-14(16,12(18)19)21-2-1-20-13-5-8-3-9(6-13)11(17)10(4-8)7-13/h8-10H,1-7H2,(H,18,19). The molecule has 4 fully saturated rings. The monoisotopic (exact) mass is 304 g/mol. The first-order valence-electron chi connectivity index (χ1n) is 7.24.